The van der Waals surface area contributed by atoms with Crippen molar-refractivity contribution in [1.82, 2.24) is 5.32 Å². The van der Waals surface area contributed by atoms with Crippen LogP contribution in [0.15, 0.2) is 30.3 Å². The Hall–Kier alpha value is -1.26. The predicted molar refractivity (Wildman–Crippen MR) is 77.3 cm³/mol. The lowest BCUT2D eigenvalue weighted by atomic mass is 9.98. The van der Waals surface area contributed by atoms with E-state index in [1.807, 2.05) is 30.3 Å². The molecule has 0 spiro atoms. The van der Waals surface area contributed by atoms with Crippen LogP contribution >= 0.6 is 12.4 Å². The van der Waals surface area contributed by atoms with Crippen LogP contribution in [-0.2, 0) is 11.3 Å². The highest BCUT2D eigenvalue weighted by atomic mass is 35.5. The minimum atomic E-state index is -0.369. The summed E-state index contributed by atoms with van der Waals surface area (Å²) in [5.74, 6) is 0. The van der Waals surface area contributed by atoms with Crippen LogP contribution in [0.3, 0.4) is 0 Å². The highest BCUT2D eigenvalue weighted by Gasteiger charge is 2.34. The van der Waals surface area contributed by atoms with Crippen LogP contribution < -0.4 is 11.1 Å². The summed E-state index contributed by atoms with van der Waals surface area (Å²) in [5, 5.41) is 2.93. The van der Waals surface area contributed by atoms with Crippen LogP contribution in [0.1, 0.15) is 31.2 Å². The Balaban J connectivity index is 0.00000180. The molecule has 106 valence electrons. The summed E-state index contributed by atoms with van der Waals surface area (Å²) in [6, 6.07) is 9.65. The molecular formula is C14H21ClN2O2. The number of nitrogens with one attached hydrogen (secondary N) is 1. The third kappa shape index (κ3) is 4.40. The zero-order chi connectivity index (χ0) is 12.8. The monoisotopic (exact) mass is 284 g/mol. The molecule has 1 aliphatic carbocycles. The molecule has 5 heteroatoms. The number of hydrogen-bond acceptors (Lipinski definition) is 3. The maximum absolute atomic E-state index is 11.7. The highest BCUT2D eigenvalue weighted by Crippen LogP contribution is 2.28. The Morgan fingerprint density at radius 1 is 1.26 bits per heavy atom. The summed E-state index contributed by atoms with van der Waals surface area (Å²) in [7, 11) is 0. The number of amides is 1. The number of benzene rings is 1. The number of alkyl carbamates (subject to hydrolysis) is 1. The van der Waals surface area contributed by atoms with Gasteiger partial charge < -0.3 is 15.8 Å². The van der Waals surface area contributed by atoms with Crippen LogP contribution in [0.4, 0.5) is 4.79 Å². The predicted octanol–water partition coefficient (Wildman–Crippen LogP) is 2.61. The fraction of sp³-hybridized carbons (Fsp3) is 0.500. The molecule has 1 aromatic carbocycles. The molecule has 0 heterocycles. The fourth-order valence-electron chi connectivity index (χ4n) is 2.41. The number of rotatable bonds is 4. The lowest BCUT2D eigenvalue weighted by Crippen LogP contribution is -2.51. The van der Waals surface area contributed by atoms with Gasteiger partial charge in [-0.2, -0.15) is 0 Å². The quantitative estimate of drug-likeness (QED) is 0.893. The number of halogens is 1. The van der Waals surface area contributed by atoms with E-state index >= 15 is 0 Å². The Morgan fingerprint density at radius 2 is 1.89 bits per heavy atom. The minimum absolute atomic E-state index is 0. The molecule has 3 N–H and O–H groups in total. The van der Waals surface area contributed by atoms with E-state index in [0.29, 0.717) is 13.2 Å². The third-order valence-corrected chi connectivity index (χ3v) is 3.53. The van der Waals surface area contributed by atoms with Gasteiger partial charge in [0, 0.05) is 6.54 Å². The van der Waals surface area contributed by atoms with Gasteiger partial charge >= 0.3 is 6.09 Å². The molecule has 4 nitrogen and oxygen atoms in total. The molecule has 0 radical (unpaired) electrons. The van der Waals surface area contributed by atoms with Crippen molar-refractivity contribution < 1.29 is 9.53 Å². The van der Waals surface area contributed by atoms with E-state index in [9.17, 15) is 4.79 Å². The second-order valence-corrected chi connectivity index (χ2v) is 4.88. The molecule has 1 saturated carbocycles. The number of carbonyl (C=O) groups is 1. The number of hydrogen-bond donors (Lipinski definition) is 2. The van der Waals surface area contributed by atoms with Crippen LogP contribution in [0.25, 0.3) is 0 Å². The van der Waals surface area contributed by atoms with Gasteiger partial charge in [0.1, 0.15) is 6.61 Å². The average Bonchev–Trinajstić information content (AvgIpc) is 2.87. The molecule has 1 fully saturated rings. The van der Waals surface area contributed by atoms with Crippen molar-refractivity contribution in [3.63, 3.8) is 0 Å². The van der Waals surface area contributed by atoms with Gasteiger partial charge in [-0.3, -0.25) is 0 Å². The SMILES string of the molecule is Cl.NCC1(NC(=O)OCc2ccccc2)CCCC1. The van der Waals surface area contributed by atoms with Crippen molar-refractivity contribution in [3.8, 4) is 0 Å². The Bertz CT molecular complexity index is 392. The lowest BCUT2D eigenvalue weighted by Gasteiger charge is -2.28. The smallest absolute Gasteiger partial charge is 0.407 e. The molecular weight excluding hydrogens is 264 g/mol. The van der Waals surface area contributed by atoms with Crippen LogP contribution in [-0.4, -0.2) is 18.2 Å². The molecule has 1 amide bonds. The minimum Gasteiger partial charge on any atom is -0.445 e. The molecule has 2 rings (SSSR count). The number of carbonyl (C=O) groups excluding carboxylic acids is 1. The first-order valence-corrected chi connectivity index (χ1v) is 6.43. The van der Waals surface area contributed by atoms with Gasteiger partial charge in [-0.1, -0.05) is 43.2 Å². The first-order chi connectivity index (χ1) is 8.74. The molecule has 0 unspecified atom stereocenters. The standard InChI is InChI=1S/C14H20N2O2.ClH/c15-11-14(8-4-5-9-14)16-13(17)18-10-12-6-2-1-3-7-12;/h1-3,6-7H,4-5,8-11,15H2,(H,16,17);1H. The first kappa shape index (κ1) is 15.8. The van der Waals surface area contributed by atoms with Crippen molar-refractivity contribution in [3.05, 3.63) is 35.9 Å². The van der Waals surface area contributed by atoms with Gasteiger partial charge in [0.2, 0.25) is 0 Å². The largest absolute Gasteiger partial charge is 0.445 e. The summed E-state index contributed by atoms with van der Waals surface area (Å²) < 4.78 is 5.21. The van der Waals surface area contributed by atoms with E-state index in [1.54, 1.807) is 0 Å². The average molecular weight is 285 g/mol. The van der Waals surface area contributed by atoms with Crippen molar-refractivity contribution in [1.29, 1.82) is 0 Å². The summed E-state index contributed by atoms with van der Waals surface area (Å²) in [6.45, 7) is 0.779. The zero-order valence-corrected chi connectivity index (χ0v) is 11.7. The third-order valence-electron chi connectivity index (χ3n) is 3.53. The summed E-state index contributed by atoms with van der Waals surface area (Å²) in [5.41, 5.74) is 6.50. The normalized spacial score (nSPS) is 16.5. The summed E-state index contributed by atoms with van der Waals surface area (Å²) in [6.07, 6.45) is 3.77. The van der Waals surface area contributed by atoms with Gasteiger partial charge in [0.15, 0.2) is 0 Å². The molecule has 1 aromatic rings. The van der Waals surface area contributed by atoms with Crippen LogP contribution in [0.2, 0.25) is 0 Å². The van der Waals surface area contributed by atoms with Gasteiger partial charge in [-0.25, -0.2) is 4.79 Å². The van der Waals surface area contributed by atoms with Gasteiger partial charge in [-0.15, -0.1) is 12.4 Å². The summed E-state index contributed by atoms with van der Waals surface area (Å²) >= 11 is 0. The maximum Gasteiger partial charge on any atom is 0.407 e. The van der Waals surface area contributed by atoms with E-state index in [4.69, 9.17) is 10.5 Å². The van der Waals surface area contributed by atoms with E-state index in [-0.39, 0.29) is 24.0 Å². The molecule has 0 aromatic heterocycles. The molecule has 0 saturated heterocycles. The van der Waals surface area contributed by atoms with Crippen molar-refractivity contribution in [2.75, 3.05) is 6.54 Å². The molecule has 1 aliphatic rings. The Labute approximate surface area is 120 Å². The van der Waals surface area contributed by atoms with Crippen molar-refractivity contribution >= 4 is 18.5 Å². The van der Waals surface area contributed by atoms with Crippen LogP contribution in [0.5, 0.6) is 0 Å². The van der Waals surface area contributed by atoms with Gasteiger partial charge in [-0.05, 0) is 18.4 Å². The van der Waals surface area contributed by atoms with E-state index in [0.717, 1.165) is 31.2 Å². The van der Waals surface area contributed by atoms with E-state index in [1.165, 1.54) is 0 Å². The summed E-state index contributed by atoms with van der Waals surface area (Å²) in [4.78, 5) is 11.7. The van der Waals surface area contributed by atoms with Crippen molar-refractivity contribution in [2.24, 2.45) is 5.73 Å². The van der Waals surface area contributed by atoms with E-state index < -0.39 is 0 Å². The van der Waals surface area contributed by atoms with Crippen molar-refractivity contribution in [2.45, 2.75) is 37.8 Å². The first-order valence-electron chi connectivity index (χ1n) is 6.43. The molecule has 0 atom stereocenters. The topological polar surface area (TPSA) is 64.3 Å². The lowest BCUT2D eigenvalue weighted by molar-refractivity contribution is 0.127. The highest BCUT2D eigenvalue weighted by molar-refractivity contribution is 5.85. The molecule has 19 heavy (non-hydrogen) atoms. The second kappa shape index (κ2) is 7.36. The maximum atomic E-state index is 11.7. The second-order valence-electron chi connectivity index (χ2n) is 4.88. The number of ether oxygens (including phenoxy) is 1. The Morgan fingerprint density at radius 3 is 2.47 bits per heavy atom. The Kier molecular flexibility index (Phi) is 6.12. The fourth-order valence-corrected chi connectivity index (χ4v) is 2.41. The van der Waals surface area contributed by atoms with Gasteiger partial charge in [0.25, 0.3) is 0 Å². The molecule has 0 aliphatic heterocycles. The zero-order valence-electron chi connectivity index (χ0n) is 10.9. The van der Waals surface area contributed by atoms with Crippen LogP contribution in [0, 0.1) is 0 Å². The molecule has 0 bridgehead atoms. The van der Waals surface area contributed by atoms with E-state index in [2.05, 4.69) is 5.32 Å². The van der Waals surface area contributed by atoms with Gasteiger partial charge in [0.05, 0.1) is 5.54 Å². The number of nitrogens with two attached hydrogens (primary N) is 1.